The summed E-state index contributed by atoms with van der Waals surface area (Å²) < 4.78 is 5.71. The van der Waals surface area contributed by atoms with Crippen LogP contribution in [0.3, 0.4) is 0 Å². The van der Waals surface area contributed by atoms with Crippen LogP contribution in [0.5, 0.6) is 0 Å². The molecule has 1 fully saturated rings. The van der Waals surface area contributed by atoms with Crippen molar-refractivity contribution in [3.63, 3.8) is 0 Å². The molecule has 1 amide bonds. The van der Waals surface area contributed by atoms with Crippen molar-refractivity contribution in [1.82, 2.24) is 10.3 Å². The van der Waals surface area contributed by atoms with Gasteiger partial charge in [-0.1, -0.05) is 25.3 Å². The highest BCUT2D eigenvalue weighted by atomic mass is 16.5. The number of aromatic nitrogens is 1. The molecule has 1 aromatic heterocycles. The van der Waals surface area contributed by atoms with E-state index in [0.29, 0.717) is 19.3 Å². The third-order valence-corrected chi connectivity index (χ3v) is 3.31. The molecule has 0 atom stereocenters. The van der Waals surface area contributed by atoms with E-state index >= 15 is 0 Å². The van der Waals surface area contributed by atoms with Gasteiger partial charge in [-0.25, -0.2) is 0 Å². The fourth-order valence-electron chi connectivity index (χ4n) is 2.30. The SMILES string of the molecule is O=C(NCCOC1CCCCC1)c1cccc(=O)[nH]1. The third kappa shape index (κ3) is 4.52. The number of carbonyl (C=O) groups is 1. The number of H-pyrrole nitrogens is 1. The average Bonchev–Trinajstić information content (AvgIpc) is 2.44. The van der Waals surface area contributed by atoms with Crippen LogP contribution < -0.4 is 10.9 Å². The zero-order valence-corrected chi connectivity index (χ0v) is 11.0. The van der Waals surface area contributed by atoms with Crippen molar-refractivity contribution in [3.8, 4) is 0 Å². The number of rotatable bonds is 5. The maximum atomic E-state index is 11.7. The van der Waals surface area contributed by atoms with Crippen molar-refractivity contribution < 1.29 is 9.53 Å². The van der Waals surface area contributed by atoms with Gasteiger partial charge >= 0.3 is 0 Å². The fourth-order valence-corrected chi connectivity index (χ4v) is 2.30. The van der Waals surface area contributed by atoms with Gasteiger partial charge in [0, 0.05) is 12.6 Å². The lowest BCUT2D eigenvalue weighted by atomic mass is 9.98. The Balaban J connectivity index is 1.67. The van der Waals surface area contributed by atoms with Gasteiger partial charge in [-0.05, 0) is 18.9 Å². The highest BCUT2D eigenvalue weighted by Crippen LogP contribution is 2.19. The summed E-state index contributed by atoms with van der Waals surface area (Å²) in [5, 5.41) is 2.73. The van der Waals surface area contributed by atoms with E-state index < -0.39 is 0 Å². The lowest BCUT2D eigenvalue weighted by molar-refractivity contribution is 0.0299. The molecule has 2 N–H and O–H groups in total. The summed E-state index contributed by atoms with van der Waals surface area (Å²) in [5.74, 6) is -0.273. The molecule has 0 aliphatic heterocycles. The summed E-state index contributed by atoms with van der Waals surface area (Å²) in [6.07, 6.45) is 6.38. The number of nitrogens with one attached hydrogen (secondary N) is 2. The van der Waals surface area contributed by atoms with Crippen LogP contribution in [0.15, 0.2) is 23.0 Å². The van der Waals surface area contributed by atoms with Gasteiger partial charge in [0.15, 0.2) is 0 Å². The van der Waals surface area contributed by atoms with Gasteiger partial charge in [-0.15, -0.1) is 0 Å². The van der Waals surface area contributed by atoms with Gasteiger partial charge in [-0.3, -0.25) is 9.59 Å². The standard InChI is InChI=1S/C14H20N2O3/c17-13-8-4-7-12(16-13)14(18)15-9-10-19-11-5-2-1-3-6-11/h4,7-8,11H,1-3,5-6,9-10H2,(H,15,18)(H,16,17). The maximum absolute atomic E-state index is 11.7. The molecule has 1 aliphatic rings. The lowest BCUT2D eigenvalue weighted by Gasteiger charge is -2.21. The molecule has 1 aromatic rings. The Morgan fingerprint density at radius 2 is 2.11 bits per heavy atom. The van der Waals surface area contributed by atoms with Crippen molar-refractivity contribution in [2.45, 2.75) is 38.2 Å². The van der Waals surface area contributed by atoms with Crippen LogP contribution >= 0.6 is 0 Å². The van der Waals surface area contributed by atoms with E-state index in [1.54, 1.807) is 12.1 Å². The van der Waals surface area contributed by atoms with E-state index in [0.717, 1.165) is 12.8 Å². The van der Waals surface area contributed by atoms with E-state index in [1.807, 2.05) is 0 Å². The maximum Gasteiger partial charge on any atom is 0.267 e. The predicted octanol–water partition coefficient (Wildman–Crippen LogP) is 1.45. The topological polar surface area (TPSA) is 71.2 Å². The second-order valence-electron chi connectivity index (χ2n) is 4.82. The Morgan fingerprint density at radius 1 is 1.32 bits per heavy atom. The van der Waals surface area contributed by atoms with Crippen LogP contribution in [0.4, 0.5) is 0 Å². The first-order valence-corrected chi connectivity index (χ1v) is 6.85. The number of aromatic amines is 1. The molecule has 0 spiro atoms. The van der Waals surface area contributed by atoms with Crippen molar-refractivity contribution in [3.05, 3.63) is 34.2 Å². The van der Waals surface area contributed by atoms with Crippen molar-refractivity contribution in [2.75, 3.05) is 13.2 Å². The first-order valence-electron chi connectivity index (χ1n) is 6.85. The molecule has 0 aromatic carbocycles. The van der Waals surface area contributed by atoms with E-state index in [1.165, 1.54) is 25.3 Å². The van der Waals surface area contributed by atoms with Crippen LogP contribution in [0.25, 0.3) is 0 Å². The molecule has 0 saturated heterocycles. The highest BCUT2D eigenvalue weighted by Gasteiger charge is 2.13. The van der Waals surface area contributed by atoms with Crippen LogP contribution in [0.1, 0.15) is 42.6 Å². The largest absolute Gasteiger partial charge is 0.376 e. The summed E-state index contributed by atoms with van der Waals surface area (Å²) in [6, 6.07) is 4.52. The van der Waals surface area contributed by atoms with E-state index in [-0.39, 0.29) is 17.2 Å². The van der Waals surface area contributed by atoms with Gasteiger partial charge in [0.25, 0.3) is 5.91 Å². The second-order valence-corrected chi connectivity index (χ2v) is 4.82. The van der Waals surface area contributed by atoms with Crippen molar-refractivity contribution >= 4 is 5.91 Å². The second kappa shape index (κ2) is 7.09. The molecule has 0 unspecified atom stereocenters. The monoisotopic (exact) mass is 264 g/mol. The fraction of sp³-hybridized carbons (Fsp3) is 0.571. The Labute approximate surface area is 112 Å². The molecule has 1 saturated carbocycles. The molecule has 1 heterocycles. The van der Waals surface area contributed by atoms with Crippen LogP contribution in [0, 0.1) is 0 Å². The van der Waals surface area contributed by atoms with E-state index in [2.05, 4.69) is 10.3 Å². The van der Waals surface area contributed by atoms with Crippen molar-refractivity contribution in [1.29, 1.82) is 0 Å². The molecular formula is C14H20N2O3. The van der Waals surface area contributed by atoms with Crippen molar-refractivity contribution in [2.24, 2.45) is 0 Å². The third-order valence-electron chi connectivity index (χ3n) is 3.31. The summed E-state index contributed by atoms with van der Waals surface area (Å²) >= 11 is 0. The zero-order valence-electron chi connectivity index (χ0n) is 11.0. The minimum Gasteiger partial charge on any atom is -0.376 e. The predicted molar refractivity (Wildman–Crippen MR) is 72.2 cm³/mol. The number of hydrogen-bond acceptors (Lipinski definition) is 3. The molecule has 0 radical (unpaired) electrons. The minimum absolute atomic E-state index is 0.272. The number of hydrogen-bond donors (Lipinski definition) is 2. The van der Waals surface area contributed by atoms with Gasteiger partial charge in [0.1, 0.15) is 5.69 Å². The van der Waals surface area contributed by atoms with Crippen LogP contribution in [-0.2, 0) is 4.74 Å². The van der Waals surface area contributed by atoms with Gasteiger partial charge in [-0.2, -0.15) is 0 Å². The number of ether oxygens (including phenoxy) is 1. The molecule has 19 heavy (non-hydrogen) atoms. The molecular weight excluding hydrogens is 244 g/mol. The first kappa shape index (κ1) is 13.8. The Morgan fingerprint density at radius 3 is 2.84 bits per heavy atom. The van der Waals surface area contributed by atoms with Crippen LogP contribution in [-0.4, -0.2) is 30.1 Å². The Bertz CT molecular complexity index is 464. The van der Waals surface area contributed by atoms with Gasteiger partial charge < -0.3 is 15.0 Å². The summed E-state index contributed by atoms with van der Waals surface area (Å²) in [7, 11) is 0. The molecule has 5 heteroatoms. The Hall–Kier alpha value is -1.62. The average molecular weight is 264 g/mol. The number of pyridine rings is 1. The molecule has 2 rings (SSSR count). The molecule has 104 valence electrons. The normalized spacial score (nSPS) is 16.2. The minimum atomic E-state index is -0.273. The number of amides is 1. The smallest absolute Gasteiger partial charge is 0.267 e. The van der Waals surface area contributed by atoms with E-state index in [9.17, 15) is 9.59 Å². The summed E-state index contributed by atoms with van der Waals surface area (Å²) in [4.78, 5) is 25.3. The first-order chi connectivity index (χ1) is 9.25. The molecule has 1 aliphatic carbocycles. The summed E-state index contributed by atoms with van der Waals surface area (Å²) in [5.41, 5.74) is 0.0104. The number of carbonyl (C=O) groups excluding carboxylic acids is 1. The lowest BCUT2D eigenvalue weighted by Crippen LogP contribution is -2.30. The zero-order chi connectivity index (χ0) is 13.5. The molecule has 5 nitrogen and oxygen atoms in total. The highest BCUT2D eigenvalue weighted by molar-refractivity contribution is 5.92. The Kier molecular flexibility index (Phi) is 5.15. The van der Waals surface area contributed by atoms with Gasteiger partial charge in [0.05, 0.1) is 12.7 Å². The molecule has 0 bridgehead atoms. The van der Waals surface area contributed by atoms with Gasteiger partial charge in [0.2, 0.25) is 5.56 Å². The van der Waals surface area contributed by atoms with E-state index in [4.69, 9.17) is 4.74 Å². The quantitative estimate of drug-likeness (QED) is 0.791. The van der Waals surface area contributed by atoms with Crippen LogP contribution in [0.2, 0.25) is 0 Å². The summed E-state index contributed by atoms with van der Waals surface area (Å²) in [6.45, 7) is 0.986.